The second-order valence-electron chi connectivity index (χ2n) is 4.72. The summed E-state index contributed by atoms with van der Waals surface area (Å²) in [4.78, 5) is 11.9. The molecule has 2 rings (SSSR count). The normalized spacial score (nSPS) is 10.8. The van der Waals surface area contributed by atoms with Crippen molar-refractivity contribution < 1.29 is 13.9 Å². The molecule has 1 amide bonds. The molecule has 0 saturated heterocycles. The molecular weight excluding hydrogens is 256 g/mol. The zero-order valence-corrected chi connectivity index (χ0v) is 11.6. The number of benzene rings is 1. The Morgan fingerprint density at radius 1 is 1.30 bits per heavy atom. The van der Waals surface area contributed by atoms with Gasteiger partial charge in [-0.15, -0.1) is 0 Å². The first-order valence-corrected chi connectivity index (χ1v) is 6.77. The third kappa shape index (κ3) is 3.74. The number of furan rings is 1. The van der Waals surface area contributed by atoms with Crippen LogP contribution in [-0.2, 0) is 4.74 Å². The highest BCUT2D eigenvalue weighted by molar-refractivity contribution is 5.96. The van der Waals surface area contributed by atoms with Gasteiger partial charge in [0.25, 0.3) is 5.91 Å². The van der Waals surface area contributed by atoms with Crippen LogP contribution in [0.2, 0.25) is 0 Å². The number of hydrogen-bond acceptors (Lipinski definition) is 4. The molecule has 0 atom stereocenters. The molecule has 5 nitrogen and oxygen atoms in total. The summed E-state index contributed by atoms with van der Waals surface area (Å²) in [5.74, 6) is 0.133. The fraction of sp³-hybridized carbons (Fsp3) is 0.400. The molecule has 0 radical (unpaired) electrons. The fourth-order valence-electron chi connectivity index (χ4n) is 2.01. The lowest BCUT2D eigenvalue weighted by atomic mass is 10.2. The molecule has 0 aliphatic heterocycles. The first-order chi connectivity index (χ1) is 9.70. The summed E-state index contributed by atoms with van der Waals surface area (Å²) in [5, 5.41) is 3.69. The highest BCUT2D eigenvalue weighted by Gasteiger charge is 2.11. The van der Waals surface area contributed by atoms with Gasteiger partial charge in [-0.3, -0.25) is 4.79 Å². The van der Waals surface area contributed by atoms with Gasteiger partial charge in [-0.05, 0) is 43.5 Å². The van der Waals surface area contributed by atoms with Gasteiger partial charge < -0.3 is 20.2 Å². The minimum atomic E-state index is -0.188. The van der Waals surface area contributed by atoms with Crippen LogP contribution in [0.15, 0.2) is 28.7 Å². The molecule has 0 unspecified atom stereocenters. The standard InChI is InChI=1S/C15H20N2O3/c1-19-8-4-2-3-7-17-15(18)14-10-11-9-12(16)5-6-13(11)20-14/h5-6,9-10H,2-4,7-8,16H2,1H3,(H,17,18). The van der Waals surface area contributed by atoms with Crippen LogP contribution in [-0.4, -0.2) is 26.2 Å². The summed E-state index contributed by atoms with van der Waals surface area (Å²) < 4.78 is 10.5. The summed E-state index contributed by atoms with van der Waals surface area (Å²) in [6.07, 6.45) is 2.98. The number of unbranched alkanes of at least 4 members (excludes halogenated alkanes) is 2. The molecule has 5 heteroatoms. The second kappa shape index (κ2) is 6.96. The predicted octanol–water partition coefficient (Wildman–Crippen LogP) is 2.56. The average Bonchev–Trinajstić information content (AvgIpc) is 2.85. The molecule has 3 N–H and O–H groups in total. The minimum absolute atomic E-state index is 0.188. The molecule has 0 bridgehead atoms. The Kier molecular flexibility index (Phi) is 5.01. The van der Waals surface area contributed by atoms with Crippen LogP contribution in [0, 0.1) is 0 Å². The summed E-state index contributed by atoms with van der Waals surface area (Å²) in [7, 11) is 1.69. The van der Waals surface area contributed by atoms with E-state index < -0.39 is 0 Å². The number of methoxy groups -OCH3 is 1. The van der Waals surface area contributed by atoms with Crippen molar-refractivity contribution in [3.05, 3.63) is 30.0 Å². The van der Waals surface area contributed by atoms with Crippen LogP contribution < -0.4 is 11.1 Å². The third-order valence-corrected chi connectivity index (χ3v) is 3.07. The van der Waals surface area contributed by atoms with Crippen LogP contribution in [0.4, 0.5) is 5.69 Å². The lowest BCUT2D eigenvalue weighted by molar-refractivity contribution is 0.0927. The molecule has 20 heavy (non-hydrogen) atoms. The minimum Gasteiger partial charge on any atom is -0.451 e. The molecule has 0 fully saturated rings. The maximum absolute atomic E-state index is 11.9. The number of nitrogen functional groups attached to an aromatic ring is 1. The van der Waals surface area contributed by atoms with E-state index in [-0.39, 0.29) is 5.91 Å². The van der Waals surface area contributed by atoms with Crippen molar-refractivity contribution in [1.82, 2.24) is 5.32 Å². The molecule has 1 heterocycles. The Morgan fingerprint density at radius 2 is 2.15 bits per heavy atom. The molecule has 1 aromatic heterocycles. The molecule has 0 spiro atoms. The Labute approximate surface area is 118 Å². The molecule has 1 aromatic carbocycles. The Balaban J connectivity index is 1.85. The van der Waals surface area contributed by atoms with Gasteiger partial charge in [0.05, 0.1) is 0 Å². The third-order valence-electron chi connectivity index (χ3n) is 3.07. The maximum atomic E-state index is 11.9. The van der Waals surface area contributed by atoms with Gasteiger partial charge in [-0.2, -0.15) is 0 Å². The lowest BCUT2D eigenvalue weighted by Crippen LogP contribution is -2.23. The smallest absolute Gasteiger partial charge is 0.287 e. The number of fused-ring (bicyclic) bond motifs is 1. The van der Waals surface area contributed by atoms with Crippen LogP contribution >= 0.6 is 0 Å². The number of hydrogen-bond donors (Lipinski definition) is 2. The topological polar surface area (TPSA) is 77.5 Å². The number of carbonyl (C=O) groups excluding carboxylic acids is 1. The van der Waals surface area contributed by atoms with Crippen molar-refractivity contribution >= 4 is 22.6 Å². The first kappa shape index (κ1) is 14.4. The number of rotatable bonds is 7. The molecular formula is C15H20N2O3. The fourth-order valence-corrected chi connectivity index (χ4v) is 2.01. The maximum Gasteiger partial charge on any atom is 0.287 e. The van der Waals surface area contributed by atoms with E-state index in [4.69, 9.17) is 14.9 Å². The Hall–Kier alpha value is -2.01. The largest absolute Gasteiger partial charge is 0.451 e. The monoisotopic (exact) mass is 276 g/mol. The van der Waals surface area contributed by atoms with Gasteiger partial charge in [0.2, 0.25) is 0 Å². The van der Waals surface area contributed by atoms with Crippen molar-refractivity contribution in [3.8, 4) is 0 Å². The van der Waals surface area contributed by atoms with Crippen LogP contribution in [0.25, 0.3) is 11.0 Å². The second-order valence-corrected chi connectivity index (χ2v) is 4.72. The van der Waals surface area contributed by atoms with Gasteiger partial charge in [0.1, 0.15) is 5.58 Å². The van der Waals surface area contributed by atoms with E-state index in [9.17, 15) is 4.79 Å². The highest BCUT2D eigenvalue weighted by atomic mass is 16.5. The van der Waals surface area contributed by atoms with E-state index in [1.54, 1.807) is 31.4 Å². The number of nitrogens with two attached hydrogens (primary N) is 1. The molecule has 0 saturated carbocycles. The Morgan fingerprint density at radius 3 is 2.95 bits per heavy atom. The highest BCUT2D eigenvalue weighted by Crippen LogP contribution is 2.21. The van der Waals surface area contributed by atoms with Crippen LogP contribution in [0.1, 0.15) is 29.8 Å². The molecule has 0 aliphatic carbocycles. The van der Waals surface area contributed by atoms with E-state index in [2.05, 4.69) is 5.32 Å². The van der Waals surface area contributed by atoms with Gasteiger partial charge >= 0.3 is 0 Å². The SMILES string of the molecule is COCCCCCNC(=O)c1cc2cc(N)ccc2o1. The quantitative estimate of drug-likeness (QED) is 0.602. The van der Waals surface area contributed by atoms with E-state index in [0.29, 0.717) is 23.6 Å². The van der Waals surface area contributed by atoms with Gasteiger partial charge in [-0.1, -0.05) is 0 Å². The van der Waals surface area contributed by atoms with E-state index in [0.717, 1.165) is 31.3 Å². The van der Waals surface area contributed by atoms with Crippen LogP contribution in [0.5, 0.6) is 0 Å². The number of carbonyl (C=O) groups is 1. The predicted molar refractivity (Wildman–Crippen MR) is 78.7 cm³/mol. The van der Waals surface area contributed by atoms with Gasteiger partial charge in [0.15, 0.2) is 5.76 Å². The van der Waals surface area contributed by atoms with Crippen molar-refractivity contribution in [2.24, 2.45) is 0 Å². The van der Waals surface area contributed by atoms with Crippen LogP contribution in [0.3, 0.4) is 0 Å². The number of nitrogens with one attached hydrogen (secondary N) is 1. The van der Waals surface area contributed by atoms with Crippen molar-refractivity contribution in [2.45, 2.75) is 19.3 Å². The summed E-state index contributed by atoms with van der Waals surface area (Å²) >= 11 is 0. The van der Waals surface area contributed by atoms with Gasteiger partial charge in [0, 0.05) is 31.3 Å². The summed E-state index contributed by atoms with van der Waals surface area (Å²) in [5.41, 5.74) is 7.02. The summed E-state index contributed by atoms with van der Waals surface area (Å²) in [6.45, 7) is 1.40. The number of anilines is 1. The van der Waals surface area contributed by atoms with Crippen molar-refractivity contribution in [2.75, 3.05) is 26.0 Å². The number of ether oxygens (including phenoxy) is 1. The molecule has 0 aliphatic rings. The van der Waals surface area contributed by atoms with Gasteiger partial charge in [-0.25, -0.2) is 0 Å². The molecule has 108 valence electrons. The lowest BCUT2D eigenvalue weighted by Gasteiger charge is -2.02. The summed E-state index contributed by atoms with van der Waals surface area (Å²) in [6, 6.07) is 7.03. The zero-order valence-electron chi connectivity index (χ0n) is 11.6. The van der Waals surface area contributed by atoms with Crippen molar-refractivity contribution in [1.29, 1.82) is 0 Å². The molecule has 2 aromatic rings. The first-order valence-electron chi connectivity index (χ1n) is 6.77. The Bertz CT molecular complexity index is 578. The van der Waals surface area contributed by atoms with Crippen molar-refractivity contribution in [3.63, 3.8) is 0 Å². The van der Waals surface area contributed by atoms with E-state index in [1.807, 2.05) is 0 Å². The van der Waals surface area contributed by atoms with E-state index >= 15 is 0 Å². The average molecular weight is 276 g/mol. The number of amides is 1. The zero-order chi connectivity index (χ0) is 14.4. The van der Waals surface area contributed by atoms with E-state index in [1.165, 1.54) is 0 Å².